The zero-order valence-electron chi connectivity index (χ0n) is 64.9. The number of rotatable bonds is 13. The lowest BCUT2D eigenvalue weighted by molar-refractivity contribution is -0.546. The van der Waals surface area contributed by atoms with Crippen molar-refractivity contribution in [1.82, 2.24) is 61.4 Å². The number of carbonyl (C=O) groups excluding carboxylic acids is 16. The van der Waals surface area contributed by atoms with Crippen LogP contribution in [0.25, 0.3) is 16.5 Å². The molecule has 0 bridgehead atoms. The summed E-state index contributed by atoms with van der Waals surface area (Å²) in [6.07, 6.45) is 16.8. The number of fused-ring (bicyclic) bond motifs is 5. The summed E-state index contributed by atoms with van der Waals surface area (Å²) in [4.78, 5) is 203. The number of piperidine rings is 5. The number of esters is 1. The first-order chi connectivity index (χ1) is 54.8. The van der Waals surface area contributed by atoms with Crippen LogP contribution in [-0.2, 0) is 99.9 Å². The van der Waals surface area contributed by atoms with E-state index in [9.17, 15) is 76.7 Å². The largest absolute Gasteiger partial charge is 0.465 e. The Hall–Kier alpha value is -12.8. The monoisotopic (exact) mass is 1640 g/mol. The highest BCUT2D eigenvalue weighted by atomic mass is 16.6. The van der Waals surface area contributed by atoms with E-state index < -0.39 is 71.5 Å². The molecule has 10 heterocycles. The Labute approximate surface area is 690 Å². The molecule has 33 nitrogen and oxygen atoms in total. The van der Waals surface area contributed by atoms with Crippen LogP contribution in [0, 0.1) is 11.8 Å². The molecule has 0 saturated carbocycles. The number of aromatic amines is 1. The number of nitrogens with zero attached hydrogens (tertiary/aromatic N) is 8. The van der Waals surface area contributed by atoms with E-state index in [4.69, 9.17) is 9.47 Å². The molecular formula is C86H108N15O18+. The van der Waals surface area contributed by atoms with Crippen molar-refractivity contribution < 1.29 is 90.9 Å². The zero-order valence-corrected chi connectivity index (χ0v) is 64.9. The van der Waals surface area contributed by atoms with Crippen LogP contribution in [0.3, 0.4) is 0 Å². The number of ether oxygens (including phenoxy) is 2. The molecule has 5 fully saturated rings. The van der Waals surface area contributed by atoms with E-state index in [0.717, 1.165) is 57.4 Å². The van der Waals surface area contributed by atoms with E-state index in [2.05, 4.69) is 64.7 Å². The first-order valence-electron chi connectivity index (χ1n) is 38.1. The fourth-order valence-electron chi connectivity index (χ4n) is 14.9. The summed E-state index contributed by atoms with van der Waals surface area (Å²) >= 11 is 0. The van der Waals surface area contributed by atoms with Crippen molar-refractivity contribution in [2.45, 2.75) is 202 Å². The number of aromatic nitrogens is 3. The van der Waals surface area contributed by atoms with Crippen LogP contribution in [0.2, 0.25) is 0 Å². The Kier molecular flexibility index (Phi) is 32.0. The van der Waals surface area contributed by atoms with E-state index in [-0.39, 0.29) is 145 Å². The average molecular weight is 1640 g/mol. The van der Waals surface area contributed by atoms with Gasteiger partial charge in [0.1, 0.15) is 41.2 Å². The third-order valence-corrected chi connectivity index (χ3v) is 21.2. The first-order valence-corrected chi connectivity index (χ1v) is 38.1. The second kappa shape index (κ2) is 40.8. The number of likely N-dealkylation sites (N-methyl/N-ethyl adjacent to an activating group) is 2. The van der Waals surface area contributed by atoms with Crippen LogP contribution >= 0.6 is 0 Å². The molecule has 7 atom stereocenters. The Balaban J connectivity index is 0.000000204. The number of likely N-dealkylation sites (tertiary alicyclic amines) is 1. The van der Waals surface area contributed by atoms with Gasteiger partial charge in [-0.15, -0.1) is 0 Å². The number of imide groups is 4. The predicted octanol–water partition coefficient (Wildman–Crippen LogP) is 7.90. The number of benzene rings is 3. The second-order valence-corrected chi connectivity index (χ2v) is 30.2. The SMILES string of the molecule is C.C.C.C.C=C1CCC(N(C)C(=O)c2c[nH]c3ccccc23)C(=O)N1.CN1C(=O)CCC(NC(=O)[C@H]2CCCc3ccccc32)C1=O.COC(=O)c1ccc2c(c1)CC=C2C(=O)C[C@H]1CCC(=O)NC1=O.Cn1nc(C(=O)C[C@H]2CCC(=O)NC2=O)c2c1CCN(C(=O)OC(C)(C)C)C2.O=C1CC[C@@H](NC(=O)C2=CN=[N+]3C=CC=NC23)C(=O)N1. The van der Waals surface area contributed by atoms with Gasteiger partial charge in [0.2, 0.25) is 59.4 Å². The minimum atomic E-state index is -0.696. The number of hydrogen-bond acceptors (Lipinski definition) is 21. The summed E-state index contributed by atoms with van der Waals surface area (Å²) in [5, 5.41) is 24.2. The van der Waals surface area contributed by atoms with Gasteiger partial charge in [0.25, 0.3) is 17.7 Å². The van der Waals surface area contributed by atoms with Crippen molar-refractivity contribution in [2.24, 2.45) is 29.0 Å². The van der Waals surface area contributed by atoms with Gasteiger partial charge in [0.05, 0.1) is 30.7 Å². The third kappa shape index (κ3) is 22.5. The standard InChI is InChI=1S/C19H26N4O5.C18H17NO5.C17H20N2O3.C16H17N3O2.C12H11N5O3.4CH4/c1-19(2,3)28-18(27)23-8-7-13-12(10-23)16(21-22(13)4)14(24)9-11-5-6-15(25)20-17(11)26;1-24-18(23)12-3-5-13-10(8-12)2-6-14(13)15(20)9-11-4-7-16(21)19-17(11)22;1-19-15(20)10-9-14(17(19)22)18-16(21)13-8-4-6-11-5-2-3-7-12(11)13;1-10-7-8-14(15(20)18-10)19(2)16(21)12-9-17-13-6-4-3-5-11(12)13;18-9-3-2-8(12(20)16-9)15-11(19)7-6-14-17-5-1-4-13-10(7)17;;;;/h11H,5-10H2,1-4H3,(H,20,25,26);3,5-6,8,11H,2,4,7,9H2,1H3,(H,19,21,22);2-3,5,7,13-14H,4,6,8-10H2,1H3,(H,18,21);3-6,9,14,17H,1,7-8H2,2H3,(H,18,20);1,4-6,8,10H,2-3H2,(H-,15,16,18,19,20);4*1H4/p+1/t2*11-;13-,14?;;8-,10?;;;;/m110.1..../s1. The second-order valence-electron chi connectivity index (χ2n) is 30.2. The summed E-state index contributed by atoms with van der Waals surface area (Å²) in [7, 11) is 6.23. The molecule has 10 aliphatic rings. The van der Waals surface area contributed by atoms with Gasteiger partial charge >= 0.3 is 18.2 Å². The van der Waals surface area contributed by atoms with E-state index in [1.807, 2.05) is 48.5 Å². The maximum atomic E-state index is 12.9. The Bertz CT molecular complexity index is 5010. The van der Waals surface area contributed by atoms with Crippen molar-refractivity contribution in [3.8, 4) is 0 Å². The number of H-pyrrole nitrogens is 1. The molecule has 8 aliphatic heterocycles. The quantitative estimate of drug-likeness (QED) is 0.0255. The van der Waals surface area contributed by atoms with Crippen LogP contribution in [0.5, 0.6) is 0 Å². The number of aliphatic imine (C=N–C) groups is 1. The summed E-state index contributed by atoms with van der Waals surface area (Å²) in [6, 6.07) is 19.0. The fraction of sp³-hybridized carbons (Fsp3) is 0.442. The number of para-hydroxylation sites is 1. The number of allylic oxidation sites excluding steroid dienone is 4. The van der Waals surface area contributed by atoms with Gasteiger partial charge in [-0.2, -0.15) is 5.10 Å². The van der Waals surface area contributed by atoms with Gasteiger partial charge in [-0.25, -0.2) is 14.6 Å². The summed E-state index contributed by atoms with van der Waals surface area (Å²) < 4.78 is 13.4. The number of methoxy groups -OCH3 is 1. The summed E-state index contributed by atoms with van der Waals surface area (Å²) in [6.45, 7) is 9.90. The summed E-state index contributed by atoms with van der Waals surface area (Å²) in [5.41, 5.74) is 8.88. The molecule has 3 aromatic carbocycles. The molecule has 7 N–H and O–H groups in total. The first kappa shape index (κ1) is 93.3. The van der Waals surface area contributed by atoms with Gasteiger partial charge in [-0.3, -0.25) is 92.7 Å². The number of amides is 13. The van der Waals surface area contributed by atoms with E-state index in [0.29, 0.717) is 97.9 Å². The summed E-state index contributed by atoms with van der Waals surface area (Å²) in [5.74, 6) is -5.47. The molecule has 634 valence electrons. The van der Waals surface area contributed by atoms with Crippen molar-refractivity contribution in [2.75, 3.05) is 27.7 Å². The molecule has 15 rings (SSSR count). The lowest BCUT2D eigenvalue weighted by Crippen LogP contribution is -2.53. The lowest BCUT2D eigenvalue weighted by atomic mass is 9.82. The molecule has 2 aliphatic carbocycles. The third-order valence-electron chi connectivity index (χ3n) is 21.2. The zero-order chi connectivity index (χ0) is 82.7. The lowest BCUT2D eigenvalue weighted by Gasteiger charge is -2.31. The molecule has 2 aromatic heterocycles. The molecular weight excluding hydrogens is 1530 g/mol. The fourth-order valence-corrected chi connectivity index (χ4v) is 14.9. The number of hydrogen-bond donors (Lipinski definition) is 7. The highest BCUT2D eigenvalue weighted by Gasteiger charge is 2.41. The number of ketones is 2. The maximum absolute atomic E-state index is 12.9. The number of Topliss-reactive ketones (excluding diaryl/α,β-unsaturated/α-hetero) is 2. The number of azo groups is 2. The van der Waals surface area contributed by atoms with Crippen molar-refractivity contribution in [3.63, 3.8) is 0 Å². The molecule has 13 amide bonds. The van der Waals surface area contributed by atoms with Crippen molar-refractivity contribution in [3.05, 3.63) is 166 Å². The van der Waals surface area contributed by atoms with E-state index >= 15 is 0 Å². The Morgan fingerprint density at radius 3 is 2.01 bits per heavy atom. The van der Waals surface area contributed by atoms with Crippen LogP contribution in [0.1, 0.15) is 211 Å². The molecule has 5 saturated heterocycles. The van der Waals surface area contributed by atoms with Gasteiger partial charge in [0.15, 0.2) is 11.6 Å². The average Bonchev–Trinajstić information content (AvgIpc) is 1.54. The Morgan fingerprint density at radius 1 is 0.697 bits per heavy atom. The molecule has 119 heavy (non-hydrogen) atoms. The van der Waals surface area contributed by atoms with Crippen LogP contribution in [-0.4, -0.2) is 193 Å². The Morgan fingerprint density at radius 2 is 1.34 bits per heavy atom. The van der Waals surface area contributed by atoms with Crippen LogP contribution in [0.15, 0.2) is 125 Å². The van der Waals surface area contributed by atoms with E-state index in [1.165, 1.54) is 30.8 Å². The van der Waals surface area contributed by atoms with Crippen molar-refractivity contribution in [1.29, 1.82) is 0 Å². The smallest absolute Gasteiger partial charge is 0.410 e. The molecule has 5 aromatic rings. The van der Waals surface area contributed by atoms with Crippen LogP contribution in [0.4, 0.5) is 4.79 Å². The van der Waals surface area contributed by atoms with E-state index in [1.54, 1.807) is 92.0 Å². The van der Waals surface area contributed by atoms with Gasteiger partial charge in [-0.05, 0) is 131 Å². The number of nitrogens with one attached hydrogen (secondary N) is 7. The highest BCUT2D eigenvalue weighted by Crippen LogP contribution is 2.35. The van der Waals surface area contributed by atoms with Gasteiger partial charge < -0.3 is 40.2 Å². The number of carbonyl (C=O) groups is 16. The molecule has 0 spiro atoms. The maximum Gasteiger partial charge on any atom is 0.410 e. The highest BCUT2D eigenvalue weighted by molar-refractivity contribution is 6.23. The normalized spacial score (nSPS) is 21.1. The van der Waals surface area contributed by atoms with Gasteiger partial charge in [-0.1, -0.05) is 95.6 Å². The predicted molar refractivity (Wildman–Crippen MR) is 439 cm³/mol. The molecule has 3 unspecified atom stereocenters. The number of aryl methyl sites for hydroxylation is 2. The molecule has 0 radical (unpaired) electrons. The molecule has 33 heteroatoms. The van der Waals surface area contributed by atoms with Crippen LogP contribution < -0.4 is 31.9 Å². The van der Waals surface area contributed by atoms with Crippen molar-refractivity contribution >= 4 is 117 Å². The minimum Gasteiger partial charge on any atom is -0.465 e. The van der Waals surface area contributed by atoms with Gasteiger partial charge in [0, 0.05) is 136 Å². The topological polar surface area (TPSA) is 435 Å². The minimum absolute atomic E-state index is 0.